The Hall–Kier alpha value is -1.75. The molecule has 110 valence electrons. The highest BCUT2D eigenvalue weighted by atomic mass is 35.5. The van der Waals surface area contributed by atoms with Crippen molar-refractivity contribution in [2.24, 2.45) is 5.41 Å². The molecular formula is C14H19ClN2O3. The molecule has 0 saturated heterocycles. The number of amides is 2. The van der Waals surface area contributed by atoms with Gasteiger partial charge in [-0.3, -0.25) is 9.59 Å². The Labute approximate surface area is 123 Å². The van der Waals surface area contributed by atoms with E-state index in [9.17, 15) is 14.7 Å². The van der Waals surface area contributed by atoms with Gasteiger partial charge in [-0.15, -0.1) is 11.6 Å². The van der Waals surface area contributed by atoms with Crippen LogP contribution in [-0.4, -0.2) is 35.9 Å². The number of phenolic OH excluding ortho intramolecular Hbond substituents is 1. The second-order valence-electron chi connectivity index (χ2n) is 5.05. The lowest BCUT2D eigenvalue weighted by Crippen LogP contribution is -2.41. The second kappa shape index (κ2) is 7.14. The molecule has 0 bridgehead atoms. The lowest BCUT2D eigenvalue weighted by atomic mass is 9.95. The third kappa shape index (κ3) is 4.42. The third-order valence-electron chi connectivity index (χ3n) is 2.79. The molecule has 5 nitrogen and oxygen atoms in total. The summed E-state index contributed by atoms with van der Waals surface area (Å²) >= 11 is 5.69. The molecule has 1 aromatic carbocycles. The maximum absolute atomic E-state index is 11.8. The number of alkyl halides is 1. The quantitative estimate of drug-likeness (QED) is 0.550. The SMILES string of the molecule is CC(C)(CCl)C(=O)NCCNC(=O)c1ccccc1O. The van der Waals surface area contributed by atoms with Crippen molar-refractivity contribution in [2.75, 3.05) is 19.0 Å². The summed E-state index contributed by atoms with van der Waals surface area (Å²) in [6.45, 7) is 4.07. The summed E-state index contributed by atoms with van der Waals surface area (Å²) in [5.41, 5.74) is -0.427. The molecular weight excluding hydrogens is 280 g/mol. The normalized spacial score (nSPS) is 10.9. The zero-order valence-electron chi connectivity index (χ0n) is 11.6. The van der Waals surface area contributed by atoms with Crippen LogP contribution in [0.4, 0.5) is 0 Å². The van der Waals surface area contributed by atoms with Crippen LogP contribution in [0, 0.1) is 5.41 Å². The van der Waals surface area contributed by atoms with E-state index < -0.39 is 5.41 Å². The monoisotopic (exact) mass is 298 g/mol. The number of benzene rings is 1. The van der Waals surface area contributed by atoms with Gasteiger partial charge in [-0.2, -0.15) is 0 Å². The van der Waals surface area contributed by atoms with Gasteiger partial charge in [0, 0.05) is 19.0 Å². The molecule has 0 aliphatic rings. The Balaban J connectivity index is 2.37. The van der Waals surface area contributed by atoms with E-state index in [0.29, 0.717) is 6.54 Å². The van der Waals surface area contributed by atoms with Gasteiger partial charge in [0.25, 0.3) is 5.91 Å². The van der Waals surface area contributed by atoms with Gasteiger partial charge in [0.15, 0.2) is 0 Å². The molecule has 0 fully saturated rings. The zero-order chi connectivity index (χ0) is 15.2. The van der Waals surface area contributed by atoms with E-state index in [1.54, 1.807) is 26.0 Å². The zero-order valence-corrected chi connectivity index (χ0v) is 12.3. The number of nitrogens with one attached hydrogen (secondary N) is 2. The fourth-order valence-electron chi connectivity index (χ4n) is 1.41. The van der Waals surface area contributed by atoms with Crippen LogP contribution in [0.3, 0.4) is 0 Å². The summed E-state index contributed by atoms with van der Waals surface area (Å²) in [7, 11) is 0. The van der Waals surface area contributed by atoms with Gasteiger partial charge in [0.2, 0.25) is 5.91 Å². The van der Waals surface area contributed by atoms with Crippen molar-refractivity contribution in [3.63, 3.8) is 0 Å². The Morgan fingerprint density at radius 3 is 2.40 bits per heavy atom. The number of carbonyl (C=O) groups is 2. The topological polar surface area (TPSA) is 78.4 Å². The van der Waals surface area contributed by atoms with Crippen molar-refractivity contribution in [3.8, 4) is 5.75 Å². The third-order valence-corrected chi connectivity index (χ3v) is 3.46. The fraction of sp³-hybridized carbons (Fsp3) is 0.429. The number of rotatable bonds is 6. The van der Waals surface area contributed by atoms with Gasteiger partial charge in [-0.05, 0) is 26.0 Å². The Morgan fingerprint density at radius 1 is 1.20 bits per heavy atom. The molecule has 0 aliphatic carbocycles. The highest BCUT2D eigenvalue weighted by molar-refractivity contribution is 6.19. The van der Waals surface area contributed by atoms with E-state index in [0.717, 1.165) is 0 Å². The average molecular weight is 299 g/mol. The minimum atomic E-state index is -0.636. The van der Waals surface area contributed by atoms with Gasteiger partial charge >= 0.3 is 0 Å². The Bertz CT molecular complexity index is 489. The van der Waals surface area contributed by atoms with E-state index in [1.807, 2.05) is 0 Å². The molecule has 3 N–H and O–H groups in total. The molecule has 0 spiro atoms. The first-order valence-electron chi connectivity index (χ1n) is 6.29. The van der Waals surface area contributed by atoms with E-state index in [4.69, 9.17) is 11.6 Å². The van der Waals surface area contributed by atoms with Gasteiger partial charge in [0.1, 0.15) is 5.75 Å². The smallest absolute Gasteiger partial charge is 0.255 e. The van der Waals surface area contributed by atoms with Crippen LogP contribution >= 0.6 is 11.6 Å². The number of para-hydroxylation sites is 1. The highest BCUT2D eigenvalue weighted by Gasteiger charge is 2.25. The first kappa shape index (κ1) is 16.3. The highest BCUT2D eigenvalue weighted by Crippen LogP contribution is 2.16. The van der Waals surface area contributed by atoms with Gasteiger partial charge < -0.3 is 15.7 Å². The van der Waals surface area contributed by atoms with E-state index in [-0.39, 0.29) is 35.6 Å². The number of halogens is 1. The summed E-state index contributed by atoms with van der Waals surface area (Å²) in [4.78, 5) is 23.5. The molecule has 0 atom stereocenters. The van der Waals surface area contributed by atoms with Gasteiger partial charge in [0.05, 0.1) is 11.0 Å². The van der Waals surface area contributed by atoms with Crippen LogP contribution in [-0.2, 0) is 4.79 Å². The lowest BCUT2D eigenvalue weighted by molar-refractivity contribution is -0.128. The maximum atomic E-state index is 11.8. The van der Waals surface area contributed by atoms with E-state index >= 15 is 0 Å². The van der Waals surface area contributed by atoms with Crippen LogP contribution in [0.25, 0.3) is 0 Å². The van der Waals surface area contributed by atoms with Crippen molar-refractivity contribution in [1.82, 2.24) is 10.6 Å². The largest absolute Gasteiger partial charge is 0.507 e. The standard InChI is InChI=1S/C14H19ClN2O3/c1-14(2,9-15)13(20)17-8-7-16-12(19)10-5-3-4-6-11(10)18/h3-6,18H,7-9H2,1-2H3,(H,16,19)(H,17,20). The molecule has 0 aliphatic heterocycles. The minimum Gasteiger partial charge on any atom is -0.507 e. The summed E-state index contributed by atoms with van der Waals surface area (Å²) < 4.78 is 0. The number of phenols is 1. The molecule has 0 unspecified atom stereocenters. The molecule has 0 heterocycles. The summed E-state index contributed by atoms with van der Waals surface area (Å²) in [5.74, 6) is -0.390. The van der Waals surface area contributed by atoms with Crippen molar-refractivity contribution in [1.29, 1.82) is 0 Å². The first-order chi connectivity index (χ1) is 9.38. The maximum Gasteiger partial charge on any atom is 0.255 e. The number of carbonyl (C=O) groups excluding carboxylic acids is 2. The van der Waals surface area contributed by atoms with Crippen molar-refractivity contribution < 1.29 is 14.7 Å². The number of hydrogen-bond acceptors (Lipinski definition) is 3. The van der Waals surface area contributed by atoms with Crippen LogP contribution in [0.5, 0.6) is 5.75 Å². The fourth-order valence-corrected chi connectivity index (χ4v) is 1.53. The van der Waals surface area contributed by atoms with E-state index in [2.05, 4.69) is 10.6 Å². The molecule has 1 aromatic rings. The molecule has 2 amide bonds. The van der Waals surface area contributed by atoms with Crippen molar-refractivity contribution in [2.45, 2.75) is 13.8 Å². The van der Waals surface area contributed by atoms with E-state index in [1.165, 1.54) is 12.1 Å². The minimum absolute atomic E-state index is 0.0719. The Kier molecular flexibility index (Phi) is 5.82. The van der Waals surface area contributed by atoms with Crippen molar-refractivity contribution >= 4 is 23.4 Å². The second-order valence-corrected chi connectivity index (χ2v) is 5.31. The lowest BCUT2D eigenvalue weighted by Gasteiger charge is -2.20. The van der Waals surface area contributed by atoms with Crippen molar-refractivity contribution in [3.05, 3.63) is 29.8 Å². The van der Waals surface area contributed by atoms with Crippen LogP contribution in [0.1, 0.15) is 24.2 Å². The summed E-state index contributed by atoms with van der Waals surface area (Å²) in [6, 6.07) is 6.28. The molecule has 0 aromatic heterocycles. The summed E-state index contributed by atoms with van der Waals surface area (Å²) in [5, 5.41) is 14.8. The molecule has 0 radical (unpaired) electrons. The van der Waals surface area contributed by atoms with Crippen LogP contribution in [0.2, 0.25) is 0 Å². The predicted molar refractivity (Wildman–Crippen MR) is 78.0 cm³/mol. The predicted octanol–water partition coefficient (Wildman–Crippen LogP) is 1.50. The average Bonchev–Trinajstić information content (AvgIpc) is 2.43. The molecule has 6 heteroatoms. The molecule has 0 saturated carbocycles. The summed E-state index contributed by atoms with van der Waals surface area (Å²) in [6.07, 6.45) is 0. The number of aromatic hydroxyl groups is 1. The van der Waals surface area contributed by atoms with Crippen LogP contribution < -0.4 is 10.6 Å². The molecule has 20 heavy (non-hydrogen) atoms. The number of hydrogen-bond donors (Lipinski definition) is 3. The van der Waals surface area contributed by atoms with Gasteiger partial charge in [-0.25, -0.2) is 0 Å². The first-order valence-corrected chi connectivity index (χ1v) is 6.82. The molecule has 1 rings (SSSR count). The van der Waals surface area contributed by atoms with Gasteiger partial charge in [-0.1, -0.05) is 12.1 Å². The Morgan fingerprint density at radius 2 is 1.80 bits per heavy atom. The van der Waals surface area contributed by atoms with Crippen LogP contribution in [0.15, 0.2) is 24.3 Å².